The number of nitrogens with one attached hydrogen (secondary N) is 1. The van der Waals surface area contributed by atoms with Crippen LogP contribution < -0.4 is 5.32 Å². The van der Waals surface area contributed by atoms with Crippen molar-refractivity contribution >= 4 is 23.5 Å². The van der Waals surface area contributed by atoms with E-state index < -0.39 is 24.5 Å². The number of aryl methyl sites for hydroxylation is 2. The molecule has 1 heterocycles. The van der Waals surface area contributed by atoms with Crippen molar-refractivity contribution in [1.82, 2.24) is 5.16 Å². The van der Waals surface area contributed by atoms with Gasteiger partial charge in [-0.2, -0.15) is 0 Å². The number of rotatable bonds is 5. The van der Waals surface area contributed by atoms with Gasteiger partial charge in [-0.15, -0.1) is 0 Å². The van der Waals surface area contributed by atoms with Crippen LogP contribution in [0.4, 0.5) is 5.69 Å². The molecule has 0 saturated heterocycles. The van der Waals surface area contributed by atoms with E-state index in [0.29, 0.717) is 11.5 Å². The molecule has 1 N–H and O–H groups in total. The van der Waals surface area contributed by atoms with Crippen molar-refractivity contribution < 1.29 is 28.4 Å². The molecule has 0 radical (unpaired) electrons. The molecule has 0 atom stereocenters. The number of hydrogen-bond donors (Lipinski definition) is 1. The lowest BCUT2D eigenvalue weighted by Gasteiger charge is -2.09. The summed E-state index contributed by atoms with van der Waals surface area (Å²) in [6, 6.07) is 6.34. The maximum Gasteiger partial charge on any atom is 0.344 e. The lowest BCUT2D eigenvalue weighted by molar-refractivity contribution is -0.119. The van der Waals surface area contributed by atoms with Gasteiger partial charge in [-0.3, -0.25) is 4.79 Å². The Morgan fingerprint density at radius 3 is 2.50 bits per heavy atom. The number of aromatic nitrogens is 1. The molecule has 0 aliphatic heterocycles. The fraction of sp³-hybridized carbons (Fsp3) is 0.250. The van der Waals surface area contributed by atoms with Crippen LogP contribution in [0, 0.1) is 13.8 Å². The van der Waals surface area contributed by atoms with Crippen LogP contribution in [-0.2, 0) is 14.3 Å². The summed E-state index contributed by atoms with van der Waals surface area (Å²) in [7, 11) is 1.24. The van der Waals surface area contributed by atoms with Crippen molar-refractivity contribution in [1.29, 1.82) is 0 Å². The van der Waals surface area contributed by atoms with E-state index in [-0.39, 0.29) is 16.8 Å². The molecule has 0 aliphatic carbocycles. The first-order valence-electron chi connectivity index (χ1n) is 7.01. The van der Waals surface area contributed by atoms with Crippen LogP contribution in [0.25, 0.3) is 0 Å². The Morgan fingerprint density at radius 2 is 1.88 bits per heavy atom. The number of nitrogens with zero attached hydrogens (tertiary/aromatic N) is 1. The molecule has 0 aliphatic rings. The molecule has 8 heteroatoms. The van der Waals surface area contributed by atoms with E-state index in [9.17, 15) is 14.4 Å². The standard InChI is InChI=1S/C16H16N2O6/c1-9-14(10(2)24-18-9)16(21)23-8-13(19)17-12-7-5-4-6-11(12)15(20)22-3/h4-7H,8H2,1-3H3,(H,17,19). The quantitative estimate of drug-likeness (QED) is 0.833. The zero-order valence-corrected chi connectivity index (χ0v) is 13.4. The topological polar surface area (TPSA) is 108 Å². The lowest BCUT2D eigenvalue weighted by Crippen LogP contribution is -2.22. The van der Waals surface area contributed by atoms with E-state index in [4.69, 9.17) is 9.26 Å². The number of hydrogen-bond acceptors (Lipinski definition) is 7. The smallest absolute Gasteiger partial charge is 0.344 e. The molecule has 0 spiro atoms. The van der Waals surface area contributed by atoms with E-state index in [2.05, 4.69) is 15.2 Å². The molecular formula is C16H16N2O6. The van der Waals surface area contributed by atoms with Crippen LogP contribution in [0.2, 0.25) is 0 Å². The molecule has 0 saturated carbocycles. The Kier molecular flexibility index (Phi) is 5.31. The van der Waals surface area contributed by atoms with Gasteiger partial charge in [0.15, 0.2) is 6.61 Å². The summed E-state index contributed by atoms with van der Waals surface area (Å²) in [6.45, 7) is 2.65. The van der Waals surface area contributed by atoms with Gasteiger partial charge in [0.05, 0.1) is 24.1 Å². The van der Waals surface area contributed by atoms with Gasteiger partial charge >= 0.3 is 11.9 Å². The van der Waals surface area contributed by atoms with Gasteiger partial charge in [-0.05, 0) is 26.0 Å². The van der Waals surface area contributed by atoms with Gasteiger partial charge in [0.25, 0.3) is 5.91 Å². The zero-order valence-electron chi connectivity index (χ0n) is 13.4. The molecule has 0 unspecified atom stereocenters. The third-order valence-electron chi connectivity index (χ3n) is 3.18. The summed E-state index contributed by atoms with van der Waals surface area (Å²) in [4.78, 5) is 35.5. The lowest BCUT2D eigenvalue weighted by atomic mass is 10.2. The van der Waals surface area contributed by atoms with Gasteiger partial charge in [0, 0.05) is 0 Å². The fourth-order valence-corrected chi connectivity index (χ4v) is 2.04. The predicted molar refractivity (Wildman–Crippen MR) is 82.7 cm³/mol. The number of ether oxygens (including phenoxy) is 2. The van der Waals surface area contributed by atoms with Crippen LogP contribution in [0.3, 0.4) is 0 Å². The summed E-state index contributed by atoms with van der Waals surface area (Å²) in [5.41, 5.74) is 1.04. The molecule has 24 heavy (non-hydrogen) atoms. The highest BCUT2D eigenvalue weighted by atomic mass is 16.5. The van der Waals surface area contributed by atoms with Crippen molar-refractivity contribution in [2.45, 2.75) is 13.8 Å². The number of esters is 2. The van der Waals surface area contributed by atoms with E-state index in [1.54, 1.807) is 32.0 Å². The van der Waals surface area contributed by atoms with Crippen LogP contribution in [0.5, 0.6) is 0 Å². The molecule has 2 rings (SSSR count). The number of para-hydroxylation sites is 1. The second-order valence-electron chi connectivity index (χ2n) is 4.86. The van der Waals surface area contributed by atoms with Crippen molar-refractivity contribution in [2.24, 2.45) is 0 Å². The second-order valence-corrected chi connectivity index (χ2v) is 4.86. The van der Waals surface area contributed by atoms with Crippen molar-refractivity contribution in [3.8, 4) is 0 Å². The molecule has 1 amide bonds. The first kappa shape index (κ1) is 17.2. The number of anilines is 1. The van der Waals surface area contributed by atoms with Gasteiger partial charge in [-0.1, -0.05) is 17.3 Å². The van der Waals surface area contributed by atoms with Gasteiger partial charge < -0.3 is 19.3 Å². The summed E-state index contributed by atoms with van der Waals surface area (Å²) in [5, 5.41) is 6.14. The highest BCUT2D eigenvalue weighted by Crippen LogP contribution is 2.16. The minimum Gasteiger partial charge on any atom is -0.465 e. The molecule has 126 valence electrons. The maximum atomic E-state index is 11.9. The van der Waals surface area contributed by atoms with E-state index >= 15 is 0 Å². The number of methoxy groups -OCH3 is 1. The monoisotopic (exact) mass is 332 g/mol. The SMILES string of the molecule is COC(=O)c1ccccc1NC(=O)COC(=O)c1c(C)noc1C. The molecular weight excluding hydrogens is 316 g/mol. The summed E-state index contributed by atoms with van der Waals surface area (Å²) < 4.78 is 14.5. The molecule has 2 aromatic rings. The third-order valence-corrected chi connectivity index (χ3v) is 3.18. The van der Waals surface area contributed by atoms with E-state index in [1.165, 1.54) is 13.2 Å². The zero-order chi connectivity index (χ0) is 17.7. The Hall–Kier alpha value is -3.16. The molecule has 0 fully saturated rings. The van der Waals surface area contributed by atoms with Crippen LogP contribution >= 0.6 is 0 Å². The molecule has 1 aromatic carbocycles. The van der Waals surface area contributed by atoms with Crippen LogP contribution in [0.15, 0.2) is 28.8 Å². The van der Waals surface area contributed by atoms with Gasteiger partial charge in [-0.25, -0.2) is 9.59 Å². The first-order valence-corrected chi connectivity index (χ1v) is 7.01. The number of benzene rings is 1. The summed E-state index contributed by atoms with van der Waals surface area (Å²) in [6.07, 6.45) is 0. The highest BCUT2D eigenvalue weighted by molar-refractivity contribution is 6.02. The second kappa shape index (κ2) is 7.40. The van der Waals surface area contributed by atoms with Gasteiger partial charge in [0.2, 0.25) is 0 Å². The normalized spacial score (nSPS) is 10.1. The van der Waals surface area contributed by atoms with E-state index in [1.807, 2.05) is 0 Å². The Labute approximate surface area is 137 Å². The van der Waals surface area contributed by atoms with Gasteiger partial charge in [0.1, 0.15) is 11.3 Å². The largest absolute Gasteiger partial charge is 0.465 e. The summed E-state index contributed by atoms with van der Waals surface area (Å²) >= 11 is 0. The highest BCUT2D eigenvalue weighted by Gasteiger charge is 2.20. The molecule has 1 aromatic heterocycles. The van der Waals surface area contributed by atoms with Crippen LogP contribution in [0.1, 0.15) is 32.2 Å². The Balaban J connectivity index is 2.00. The third kappa shape index (κ3) is 3.78. The van der Waals surface area contributed by atoms with E-state index in [0.717, 1.165) is 0 Å². The number of amides is 1. The fourth-order valence-electron chi connectivity index (χ4n) is 2.04. The van der Waals surface area contributed by atoms with Crippen LogP contribution in [-0.4, -0.2) is 36.7 Å². The van der Waals surface area contributed by atoms with Crippen molar-refractivity contribution in [3.63, 3.8) is 0 Å². The predicted octanol–water partition coefficient (Wildman–Crippen LogP) is 1.87. The Morgan fingerprint density at radius 1 is 1.17 bits per heavy atom. The van der Waals surface area contributed by atoms with Crippen molar-refractivity contribution in [2.75, 3.05) is 19.0 Å². The molecule has 8 nitrogen and oxygen atoms in total. The minimum absolute atomic E-state index is 0.192. The first-order chi connectivity index (χ1) is 11.4. The average molecular weight is 332 g/mol. The van der Waals surface area contributed by atoms with Crippen molar-refractivity contribution in [3.05, 3.63) is 46.8 Å². The summed E-state index contributed by atoms with van der Waals surface area (Å²) in [5.74, 6) is -1.57. The number of carbonyl (C=O) groups is 3. The maximum absolute atomic E-state index is 11.9. The molecule has 0 bridgehead atoms. The Bertz CT molecular complexity index is 761. The minimum atomic E-state index is -0.706. The average Bonchev–Trinajstić information content (AvgIpc) is 2.91. The number of carbonyl (C=O) groups excluding carboxylic acids is 3.